The average molecular weight is 509 g/mol. The number of rotatable bonds is 14. The first-order valence-corrected chi connectivity index (χ1v) is 12.1. The van der Waals surface area contributed by atoms with Crippen LogP contribution in [0.25, 0.3) is 0 Å². The summed E-state index contributed by atoms with van der Waals surface area (Å²) in [6.45, 7) is 8.60. The summed E-state index contributed by atoms with van der Waals surface area (Å²) >= 11 is 0. The van der Waals surface area contributed by atoms with E-state index < -0.39 is 54.0 Å². The number of carboxylic acid groups (broad SMARTS) is 1. The minimum atomic E-state index is -1.28. The molecular weight excluding hydrogens is 468 g/mol. The summed E-state index contributed by atoms with van der Waals surface area (Å²) in [5.74, 6) is -3.53. The molecule has 0 saturated heterocycles. The smallest absolute Gasteiger partial charge is 0.326 e. The van der Waals surface area contributed by atoms with Crippen LogP contribution in [0, 0.1) is 11.8 Å². The Hall–Kier alpha value is -3.18. The number of hydrogen-bond acceptors (Lipinski definition) is 7. The molecule has 0 fully saturated rings. The Morgan fingerprint density at radius 2 is 1.44 bits per heavy atom. The van der Waals surface area contributed by atoms with Crippen LogP contribution in [0.5, 0.6) is 5.75 Å². The predicted octanol–water partition coefficient (Wildman–Crippen LogP) is 0.274. The second kappa shape index (κ2) is 14.4. The van der Waals surface area contributed by atoms with Crippen LogP contribution in [0.4, 0.5) is 0 Å². The molecule has 1 rings (SSSR count). The van der Waals surface area contributed by atoms with Gasteiger partial charge in [0.05, 0.1) is 6.10 Å². The van der Waals surface area contributed by atoms with E-state index in [4.69, 9.17) is 5.73 Å². The van der Waals surface area contributed by atoms with Gasteiger partial charge in [-0.1, -0.05) is 46.2 Å². The lowest BCUT2D eigenvalue weighted by Gasteiger charge is -2.28. The lowest BCUT2D eigenvalue weighted by Crippen LogP contribution is -2.59. The Kier molecular flexibility index (Phi) is 12.3. The molecule has 0 bridgehead atoms. The molecule has 0 heterocycles. The van der Waals surface area contributed by atoms with E-state index in [2.05, 4.69) is 16.0 Å². The third-order valence-electron chi connectivity index (χ3n) is 5.95. The second-order valence-corrected chi connectivity index (χ2v) is 9.60. The fourth-order valence-electron chi connectivity index (χ4n) is 3.47. The van der Waals surface area contributed by atoms with Crippen LogP contribution in [0.3, 0.4) is 0 Å². The molecular formula is C25H40N4O7. The minimum absolute atomic E-state index is 0.0182. The van der Waals surface area contributed by atoms with E-state index >= 15 is 0 Å². The number of aliphatic carboxylic acids is 1. The summed E-state index contributed by atoms with van der Waals surface area (Å²) in [6, 6.07) is 1.43. The monoisotopic (exact) mass is 508 g/mol. The van der Waals surface area contributed by atoms with Crippen molar-refractivity contribution in [2.45, 2.75) is 84.2 Å². The zero-order valence-corrected chi connectivity index (χ0v) is 21.5. The van der Waals surface area contributed by atoms with E-state index in [-0.39, 0.29) is 30.4 Å². The Morgan fingerprint density at radius 1 is 0.889 bits per heavy atom. The molecule has 0 spiro atoms. The van der Waals surface area contributed by atoms with Crippen LogP contribution in [0.15, 0.2) is 24.3 Å². The van der Waals surface area contributed by atoms with Gasteiger partial charge in [0, 0.05) is 6.42 Å². The van der Waals surface area contributed by atoms with Crippen molar-refractivity contribution in [3.8, 4) is 5.75 Å². The van der Waals surface area contributed by atoms with Crippen LogP contribution in [-0.2, 0) is 25.6 Å². The molecule has 1 aromatic rings. The third kappa shape index (κ3) is 9.82. The van der Waals surface area contributed by atoms with Crippen molar-refractivity contribution in [3.05, 3.63) is 29.8 Å². The van der Waals surface area contributed by atoms with Crippen LogP contribution in [0.1, 0.15) is 53.0 Å². The van der Waals surface area contributed by atoms with Crippen molar-refractivity contribution in [1.82, 2.24) is 16.0 Å². The number of carboxylic acids is 1. The van der Waals surface area contributed by atoms with Crippen molar-refractivity contribution in [3.63, 3.8) is 0 Å². The van der Waals surface area contributed by atoms with Gasteiger partial charge in [-0.2, -0.15) is 0 Å². The molecule has 1 aromatic carbocycles. The van der Waals surface area contributed by atoms with Gasteiger partial charge in [0.1, 0.15) is 29.9 Å². The number of phenols is 1. The number of aromatic hydroxyl groups is 1. The Balaban J connectivity index is 3.17. The summed E-state index contributed by atoms with van der Waals surface area (Å²) in [6.07, 6.45) is -0.402. The fraction of sp³-hybridized carbons (Fsp3) is 0.600. The number of carbonyl (C=O) groups is 4. The first-order chi connectivity index (χ1) is 16.8. The number of aliphatic hydroxyl groups excluding tert-OH is 1. The highest BCUT2D eigenvalue weighted by Crippen LogP contribution is 2.14. The van der Waals surface area contributed by atoms with E-state index in [0.29, 0.717) is 12.0 Å². The number of benzene rings is 1. The van der Waals surface area contributed by atoms with E-state index in [0.717, 1.165) is 0 Å². The summed E-state index contributed by atoms with van der Waals surface area (Å²) in [7, 11) is 0. The van der Waals surface area contributed by atoms with E-state index in [1.54, 1.807) is 19.1 Å². The van der Waals surface area contributed by atoms with E-state index in [1.807, 2.05) is 20.8 Å². The van der Waals surface area contributed by atoms with Crippen molar-refractivity contribution >= 4 is 23.7 Å². The molecule has 0 aliphatic heterocycles. The van der Waals surface area contributed by atoms with Gasteiger partial charge in [-0.25, -0.2) is 4.79 Å². The lowest BCUT2D eigenvalue weighted by molar-refractivity contribution is -0.143. The number of nitrogens with one attached hydrogen (secondary N) is 3. The summed E-state index contributed by atoms with van der Waals surface area (Å²) in [5, 5.41) is 36.4. The van der Waals surface area contributed by atoms with Gasteiger partial charge >= 0.3 is 5.97 Å². The highest BCUT2D eigenvalue weighted by Gasteiger charge is 2.33. The lowest BCUT2D eigenvalue weighted by atomic mass is 9.96. The third-order valence-corrected chi connectivity index (χ3v) is 5.95. The van der Waals surface area contributed by atoms with Crippen LogP contribution in [-0.4, -0.2) is 69.3 Å². The minimum Gasteiger partial charge on any atom is -0.508 e. The molecule has 202 valence electrons. The first-order valence-electron chi connectivity index (χ1n) is 12.1. The van der Waals surface area contributed by atoms with Crippen molar-refractivity contribution < 1.29 is 34.5 Å². The first kappa shape index (κ1) is 30.9. The number of hydrogen-bond donors (Lipinski definition) is 7. The van der Waals surface area contributed by atoms with Gasteiger partial charge in [-0.3, -0.25) is 14.4 Å². The van der Waals surface area contributed by atoms with Crippen molar-refractivity contribution in [1.29, 1.82) is 0 Å². The maximum atomic E-state index is 13.3. The van der Waals surface area contributed by atoms with Gasteiger partial charge in [0.15, 0.2) is 0 Å². The molecule has 0 aliphatic rings. The fourth-order valence-corrected chi connectivity index (χ4v) is 3.47. The summed E-state index contributed by atoms with van der Waals surface area (Å²) in [4.78, 5) is 50.5. The van der Waals surface area contributed by atoms with Gasteiger partial charge < -0.3 is 37.0 Å². The number of nitrogens with two attached hydrogens (primary N) is 1. The molecule has 0 saturated carbocycles. The largest absolute Gasteiger partial charge is 0.508 e. The molecule has 11 nitrogen and oxygen atoms in total. The Bertz CT molecular complexity index is 889. The SMILES string of the molecule is CCC(C)C(NC(=O)C(Cc1ccc(O)cc1)NC(=O)C(N)C(C)O)C(=O)NC(CC(C)C)C(=O)O. The number of amides is 3. The van der Waals surface area contributed by atoms with Crippen LogP contribution in [0.2, 0.25) is 0 Å². The molecule has 3 amide bonds. The number of phenolic OH excluding ortho intramolecular Hbond substituents is 1. The maximum absolute atomic E-state index is 13.3. The highest BCUT2D eigenvalue weighted by atomic mass is 16.4. The standard InChI is InChI=1S/C25H40N4O7/c1-6-14(4)21(24(34)28-19(25(35)36)11-13(2)3)29-22(32)18(27-23(33)20(26)15(5)30)12-16-7-9-17(31)10-8-16/h7-10,13-15,18-21,30-31H,6,11-12,26H2,1-5H3,(H,27,33)(H,28,34)(H,29,32)(H,35,36). The van der Waals surface area contributed by atoms with Gasteiger partial charge in [0.2, 0.25) is 17.7 Å². The van der Waals surface area contributed by atoms with Crippen LogP contribution < -0.4 is 21.7 Å². The Morgan fingerprint density at radius 3 is 1.92 bits per heavy atom. The molecule has 0 aliphatic carbocycles. The quantitative estimate of drug-likeness (QED) is 0.186. The molecule has 6 unspecified atom stereocenters. The maximum Gasteiger partial charge on any atom is 0.326 e. The molecule has 6 atom stereocenters. The number of carbonyl (C=O) groups excluding carboxylic acids is 3. The normalized spacial score (nSPS) is 16.2. The van der Waals surface area contributed by atoms with Crippen molar-refractivity contribution in [2.75, 3.05) is 0 Å². The van der Waals surface area contributed by atoms with E-state index in [9.17, 15) is 34.5 Å². The summed E-state index contributed by atoms with van der Waals surface area (Å²) < 4.78 is 0. The molecule has 0 radical (unpaired) electrons. The predicted molar refractivity (Wildman–Crippen MR) is 134 cm³/mol. The van der Waals surface area contributed by atoms with E-state index in [1.165, 1.54) is 19.1 Å². The van der Waals surface area contributed by atoms with Crippen LogP contribution >= 0.6 is 0 Å². The second-order valence-electron chi connectivity index (χ2n) is 9.60. The summed E-state index contributed by atoms with van der Waals surface area (Å²) in [5.41, 5.74) is 6.33. The molecule has 0 aromatic heterocycles. The zero-order chi connectivity index (χ0) is 27.6. The molecule has 36 heavy (non-hydrogen) atoms. The zero-order valence-electron chi connectivity index (χ0n) is 21.5. The number of aliphatic hydroxyl groups is 1. The average Bonchev–Trinajstić information content (AvgIpc) is 2.81. The molecule has 8 N–H and O–H groups in total. The van der Waals surface area contributed by atoms with Crippen molar-refractivity contribution in [2.24, 2.45) is 17.6 Å². The van der Waals surface area contributed by atoms with Gasteiger partial charge in [-0.05, 0) is 42.9 Å². The highest BCUT2D eigenvalue weighted by molar-refractivity contribution is 5.94. The van der Waals surface area contributed by atoms with Gasteiger partial charge in [-0.15, -0.1) is 0 Å². The van der Waals surface area contributed by atoms with Gasteiger partial charge in [0.25, 0.3) is 0 Å². The topological polar surface area (TPSA) is 191 Å². The Labute approximate surface area is 211 Å². The molecule has 11 heteroatoms.